The van der Waals surface area contributed by atoms with Gasteiger partial charge in [0.05, 0.1) is 12.0 Å². The van der Waals surface area contributed by atoms with Gasteiger partial charge >= 0.3 is 12.1 Å². The summed E-state index contributed by atoms with van der Waals surface area (Å²) in [6.07, 6.45) is 0.152. The van der Waals surface area contributed by atoms with Crippen LogP contribution in [-0.2, 0) is 14.3 Å². The summed E-state index contributed by atoms with van der Waals surface area (Å²) in [7, 11) is 0. The smallest absolute Gasteiger partial charge is 0.407 e. The summed E-state index contributed by atoms with van der Waals surface area (Å²) in [5.74, 6) is -2.40. The number of nitriles is 1. The summed E-state index contributed by atoms with van der Waals surface area (Å²) in [6.45, 7) is 1.53. The Labute approximate surface area is 192 Å². The Bertz CT molecular complexity index is 1020. The first-order chi connectivity index (χ1) is 15.9. The molecule has 3 N–H and O–H groups in total. The Hall–Kier alpha value is -3.86. The molecule has 0 heterocycles. The van der Waals surface area contributed by atoms with Crippen molar-refractivity contribution in [3.63, 3.8) is 0 Å². The molecule has 0 bridgehead atoms. The van der Waals surface area contributed by atoms with Gasteiger partial charge in [-0.05, 0) is 35.1 Å². The lowest BCUT2D eigenvalue weighted by Gasteiger charge is -2.20. The van der Waals surface area contributed by atoms with Gasteiger partial charge in [-0.3, -0.25) is 9.59 Å². The molecule has 0 aromatic heterocycles. The number of ether oxygens (including phenoxy) is 1. The Morgan fingerprint density at radius 1 is 1.09 bits per heavy atom. The van der Waals surface area contributed by atoms with Crippen molar-refractivity contribution < 1.29 is 24.2 Å². The van der Waals surface area contributed by atoms with Crippen LogP contribution in [0.4, 0.5) is 4.79 Å². The van der Waals surface area contributed by atoms with E-state index >= 15 is 0 Å². The van der Waals surface area contributed by atoms with E-state index in [0.29, 0.717) is 6.42 Å². The minimum atomic E-state index is -1.03. The molecule has 33 heavy (non-hydrogen) atoms. The molecular formula is C25H27N3O5. The molecule has 0 spiro atoms. The highest BCUT2D eigenvalue weighted by Gasteiger charge is 2.30. The van der Waals surface area contributed by atoms with Crippen molar-refractivity contribution in [2.45, 2.75) is 38.1 Å². The standard InChI is InChI=1S/C25H27N3O5/c1-16(24(30)31)14-27-23(29)22(12-6-7-13-26)28-25(32)33-15-21-19-10-4-2-8-17(19)18-9-3-5-11-20(18)21/h2-5,8-11,16,21-22H,6-7,12,14-15H2,1H3,(H,27,29)(H,28,32)(H,30,31). The van der Waals surface area contributed by atoms with Crippen molar-refractivity contribution in [1.82, 2.24) is 10.6 Å². The number of hydrogen-bond donors (Lipinski definition) is 3. The number of nitrogens with one attached hydrogen (secondary N) is 2. The highest BCUT2D eigenvalue weighted by molar-refractivity contribution is 5.86. The number of carbonyl (C=O) groups excluding carboxylic acids is 2. The monoisotopic (exact) mass is 449 g/mol. The zero-order valence-corrected chi connectivity index (χ0v) is 18.4. The van der Waals surface area contributed by atoms with Crippen LogP contribution in [0.2, 0.25) is 0 Å². The lowest BCUT2D eigenvalue weighted by Crippen LogP contribution is -2.48. The van der Waals surface area contributed by atoms with Crippen LogP contribution in [0.3, 0.4) is 0 Å². The molecule has 2 aromatic carbocycles. The summed E-state index contributed by atoms with van der Waals surface area (Å²) >= 11 is 0. The van der Waals surface area contributed by atoms with Gasteiger partial charge < -0.3 is 20.5 Å². The quantitative estimate of drug-likeness (QED) is 0.477. The van der Waals surface area contributed by atoms with Crippen LogP contribution in [-0.4, -0.2) is 42.3 Å². The second-order valence-corrected chi connectivity index (χ2v) is 8.06. The summed E-state index contributed by atoms with van der Waals surface area (Å²) in [5.41, 5.74) is 4.39. The van der Waals surface area contributed by atoms with Crippen molar-refractivity contribution in [2.24, 2.45) is 5.92 Å². The van der Waals surface area contributed by atoms with E-state index in [1.54, 1.807) is 0 Å². The molecule has 8 heteroatoms. The zero-order valence-electron chi connectivity index (χ0n) is 18.4. The number of alkyl carbamates (subject to hydrolysis) is 1. The predicted molar refractivity (Wildman–Crippen MR) is 121 cm³/mol. The average molecular weight is 450 g/mol. The van der Waals surface area contributed by atoms with Gasteiger partial charge in [0.15, 0.2) is 0 Å². The topological polar surface area (TPSA) is 129 Å². The third kappa shape index (κ3) is 5.89. The first-order valence-corrected chi connectivity index (χ1v) is 10.9. The summed E-state index contributed by atoms with van der Waals surface area (Å²) in [5, 5.41) is 22.9. The van der Waals surface area contributed by atoms with Gasteiger partial charge in [-0.25, -0.2) is 4.79 Å². The molecule has 2 amide bonds. The summed E-state index contributed by atoms with van der Waals surface area (Å²) in [4.78, 5) is 36.1. The Morgan fingerprint density at radius 2 is 1.70 bits per heavy atom. The Balaban J connectivity index is 1.62. The number of nitrogens with zero attached hydrogens (tertiary/aromatic N) is 1. The van der Waals surface area contributed by atoms with E-state index < -0.39 is 29.9 Å². The number of aliphatic carboxylic acids is 1. The van der Waals surface area contributed by atoms with Gasteiger partial charge in [-0.15, -0.1) is 0 Å². The molecule has 1 aliphatic carbocycles. The first-order valence-electron chi connectivity index (χ1n) is 10.9. The highest BCUT2D eigenvalue weighted by Crippen LogP contribution is 2.44. The van der Waals surface area contributed by atoms with Crippen molar-refractivity contribution in [3.8, 4) is 17.2 Å². The molecular weight excluding hydrogens is 422 g/mol. The van der Waals surface area contributed by atoms with E-state index in [4.69, 9.17) is 15.1 Å². The SMILES string of the molecule is CC(CNC(=O)C(CCCC#N)NC(=O)OCC1c2ccccc2-c2ccccc21)C(=O)O. The molecule has 2 unspecified atom stereocenters. The maximum Gasteiger partial charge on any atom is 0.407 e. The van der Waals surface area contributed by atoms with E-state index in [9.17, 15) is 14.4 Å². The normalized spacial score (nSPS) is 13.7. The fourth-order valence-corrected chi connectivity index (χ4v) is 3.90. The number of amides is 2. The maximum atomic E-state index is 12.5. The number of carbonyl (C=O) groups is 3. The van der Waals surface area contributed by atoms with E-state index in [0.717, 1.165) is 22.3 Å². The van der Waals surface area contributed by atoms with Crippen molar-refractivity contribution in [2.75, 3.05) is 13.2 Å². The van der Waals surface area contributed by atoms with E-state index in [-0.39, 0.29) is 31.9 Å². The molecule has 8 nitrogen and oxygen atoms in total. The third-order valence-electron chi connectivity index (χ3n) is 5.74. The van der Waals surface area contributed by atoms with Crippen LogP contribution < -0.4 is 10.6 Å². The number of unbranched alkanes of at least 4 members (excludes halogenated alkanes) is 1. The number of hydrogen-bond acceptors (Lipinski definition) is 5. The Morgan fingerprint density at radius 3 is 2.27 bits per heavy atom. The fourth-order valence-electron chi connectivity index (χ4n) is 3.90. The molecule has 2 atom stereocenters. The number of carboxylic acid groups (broad SMARTS) is 1. The minimum absolute atomic E-state index is 0.0602. The number of carboxylic acids is 1. The Kier molecular flexibility index (Phi) is 8.03. The zero-order chi connectivity index (χ0) is 23.8. The van der Waals surface area contributed by atoms with Gasteiger partial charge in [0.1, 0.15) is 12.6 Å². The largest absolute Gasteiger partial charge is 0.481 e. The molecule has 0 fully saturated rings. The molecule has 0 saturated heterocycles. The van der Waals surface area contributed by atoms with E-state index in [2.05, 4.69) is 10.6 Å². The van der Waals surface area contributed by atoms with Crippen LogP contribution in [0.15, 0.2) is 48.5 Å². The van der Waals surface area contributed by atoms with Crippen molar-refractivity contribution >= 4 is 18.0 Å². The molecule has 1 aliphatic rings. The minimum Gasteiger partial charge on any atom is -0.481 e. The lowest BCUT2D eigenvalue weighted by atomic mass is 9.98. The summed E-state index contributed by atoms with van der Waals surface area (Å²) < 4.78 is 5.50. The third-order valence-corrected chi connectivity index (χ3v) is 5.74. The van der Waals surface area contributed by atoms with Crippen LogP contribution in [0.1, 0.15) is 43.2 Å². The molecule has 172 valence electrons. The number of rotatable bonds is 10. The maximum absolute atomic E-state index is 12.5. The second-order valence-electron chi connectivity index (χ2n) is 8.06. The van der Waals surface area contributed by atoms with E-state index in [1.165, 1.54) is 6.92 Å². The molecule has 0 saturated carbocycles. The van der Waals surface area contributed by atoms with Gasteiger partial charge in [0.2, 0.25) is 5.91 Å². The van der Waals surface area contributed by atoms with Crippen LogP contribution >= 0.6 is 0 Å². The van der Waals surface area contributed by atoms with Gasteiger partial charge in [-0.1, -0.05) is 55.5 Å². The molecule has 0 aliphatic heterocycles. The van der Waals surface area contributed by atoms with E-state index in [1.807, 2.05) is 54.6 Å². The lowest BCUT2D eigenvalue weighted by molar-refractivity contribution is -0.141. The average Bonchev–Trinajstić information content (AvgIpc) is 3.14. The van der Waals surface area contributed by atoms with Crippen LogP contribution in [0.25, 0.3) is 11.1 Å². The molecule has 3 rings (SSSR count). The molecule has 0 radical (unpaired) electrons. The number of fused-ring (bicyclic) bond motifs is 3. The fraction of sp³-hybridized carbons (Fsp3) is 0.360. The number of benzene rings is 2. The predicted octanol–water partition coefficient (Wildman–Crippen LogP) is 3.42. The first kappa shape index (κ1) is 23.8. The second kappa shape index (κ2) is 11.1. The van der Waals surface area contributed by atoms with Crippen molar-refractivity contribution in [3.05, 3.63) is 59.7 Å². The van der Waals surface area contributed by atoms with Gasteiger partial charge in [-0.2, -0.15) is 5.26 Å². The van der Waals surface area contributed by atoms with Crippen molar-refractivity contribution in [1.29, 1.82) is 5.26 Å². The van der Waals surface area contributed by atoms with Crippen LogP contribution in [0.5, 0.6) is 0 Å². The highest BCUT2D eigenvalue weighted by atomic mass is 16.5. The van der Waals surface area contributed by atoms with Crippen LogP contribution in [0, 0.1) is 17.2 Å². The molecule has 2 aromatic rings. The van der Waals surface area contributed by atoms with Gasteiger partial charge in [0, 0.05) is 18.9 Å². The summed E-state index contributed by atoms with van der Waals surface area (Å²) in [6, 6.07) is 17.1. The van der Waals surface area contributed by atoms with Gasteiger partial charge in [0.25, 0.3) is 0 Å².